The highest BCUT2D eigenvalue weighted by molar-refractivity contribution is 6.44. The molecule has 2 N–H and O–H groups in total. The van der Waals surface area contributed by atoms with Gasteiger partial charge in [0.2, 0.25) is 0 Å². The van der Waals surface area contributed by atoms with Gasteiger partial charge in [-0.05, 0) is 12.1 Å². The second-order valence-corrected chi connectivity index (χ2v) is 5.23. The fourth-order valence-corrected chi connectivity index (χ4v) is 2.26. The van der Waals surface area contributed by atoms with Gasteiger partial charge in [0.15, 0.2) is 0 Å². The van der Waals surface area contributed by atoms with E-state index in [-0.39, 0.29) is 5.69 Å². The number of benzene rings is 2. The van der Waals surface area contributed by atoms with Crippen molar-refractivity contribution in [1.82, 2.24) is 0 Å². The van der Waals surface area contributed by atoms with Crippen molar-refractivity contribution in [3.8, 4) is 17.2 Å². The van der Waals surface area contributed by atoms with Crippen molar-refractivity contribution in [3.63, 3.8) is 0 Å². The van der Waals surface area contributed by atoms with Crippen molar-refractivity contribution in [1.29, 1.82) is 0 Å². The Morgan fingerprint density at radius 1 is 0.880 bits per heavy atom. The van der Waals surface area contributed by atoms with Crippen molar-refractivity contribution in [2.24, 2.45) is 0 Å². The van der Waals surface area contributed by atoms with E-state index in [0.29, 0.717) is 28.0 Å². The summed E-state index contributed by atoms with van der Waals surface area (Å²) in [6, 6.07) is 9.60. The number of amides is 2. The number of carbonyl (C=O) groups excluding carboxylic acids is 2. The molecule has 0 aliphatic carbocycles. The number of methoxy groups -OCH3 is 3. The van der Waals surface area contributed by atoms with E-state index in [1.165, 1.54) is 33.5 Å². The smallest absolute Gasteiger partial charge is 0.314 e. The van der Waals surface area contributed by atoms with Crippen molar-refractivity contribution in [3.05, 3.63) is 41.4 Å². The molecule has 0 bridgehead atoms. The van der Waals surface area contributed by atoms with Crippen LogP contribution in [0, 0.1) is 0 Å². The molecule has 2 aromatic carbocycles. The number of carbonyl (C=O) groups is 2. The van der Waals surface area contributed by atoms with Crippen LogP contribution in [-0.2, 0) is 9.59 Å². The third-order valence-corrected chi connectivity index (χ3v) is 3.55. The predicted octanol–water partition coefficient (Wildman–Crippen LogP) is 2.94. The van der Waals surface area contributed by atoms with E-state index in [0.717, 1.165) is 0 Å². The van der Waals surface area contributed by atoms with Crippen LogP contribution in [0.2, 0.25) is 5.02 Å². The Kier molecular flexibility index (Phi) is 6.08. The molecule has 2 aromatic rings. The summed E-state index contributed by atoms with van der Waals surface area (Å²) in [4.78, 5) is 24.2. The summed E-state index contributed by atoms with van der Waals surface area (Å²) in [6.45, 7) is 0. The average Bonchev–Trinajstić information content (AvgIpc) is 2.62. The Labute approximate surface area is 149 Å². The van der Waals surface area contributed by atoms with Crippen molar-refractivity contribution < 1.29 is 23.8 Å². The average molecular weight is 365 g/mol. The highest BCUT2D eigenvalue weighted by atomic mass is 35.5. The number of hydrogen-bond acceptors (Lipinski definition) is 5. The topological polar surface area (TPSA) is 85.9 Å². The van der Waals surface area contributed by atoms with Crippen LogP contribution in [0.4, 0.5) is 11.4 Å². The molecule has 0 aliphatic rings. The van der Waals surface area contributed by atoms with Gasteiger partial charge in [0.1, 0.15) is 17.2 Å². The number of nitrogens with one attached hydrogen (secondary N) is 2. The Hall–Kier alpha value is -2.93. The summed E-state index contributed by atoms with van der Waals surface area (Å²) in [5.41, 5.74) is 0.690. The molecular formula is C17H17ClN2O5. The van der Waals surface area contributed by atoms with Gasteiger partial charge in [-0.2, -0.15) is 0 Å². The maximum atomic E-state index is 12.1. The van der Waals surface area contributed by atoms with Gasteiger partial charge in [-0.15, -0.1) is 0 Å². The second kappa shape index (κ2) is 8.25. The molecule has 0 saturated carbocycles. The molecule has 2 amide bonds. The summed E-state index contributed by atoms with van der Waals surface area (Å²) < 4.78 is 15.3. The molecule has 0 unspecified atom stereocenters. The molecule has 0 spiro atoms. The first-order valence-corrected chi connectivity index (χ1v) is 7.54. The fourth-order valence-electron chi connectivity index (χ4n) is 2.03. The lowest BCUT2D eigenvalue weighted by Crippen LogP contribution is -2.29. The Morgan fingerprint density at radius 3 is 2.20 bits per heavy atom. The van der Waals surface area contributed by atoms with Crippen LogP contribution < -0.4 is 24.8 Å². The first-order chi connectivity index (χ1) is 12.0. The number of hydrogen-bond donors (Lipinski definition) is 2. The summed E-state index contributed by atoms with van der Waals surface area (Å²) in [6.07, 6.45) is 0. The van der Waals surface area contributed by atoms with Crippen LogP contribution in [0.5, 0.6) is 17.2 Å². The van der Waals surface area contributed by atoms with Gasteiger partial charge < -0.3 is 24.8 Å². The highest BCUT2D eigenvalue weighted by Gasteiger charge is 2.18. The lowest BCUT2D eigenvalue weighted by Gasteiger charge is -2.13. The minimum Gasteiger partial charge on any atom is -0.497 e. The second-order valence-electron chi connectivity index (χ2n) is 4.83. The zero-order chi connectivity index (χ0) is 18.4. The Balaban J connectivity index is 2.14. The van der Waals surface area contributed by atoms with E-state index >= 15 is 0 Å². The highest BCUT2D eigenvalue weighted by Crippen LogP contribution is 2.35. The number of halogens is 1. The van der Waals surface area contributed by atoms with E-state index in [4.69, 9.17) is 25.8 Å². The van der Waals surface area contributed by atoms with Crippen LogP contribution >= 0.6 is 11.6 Å². The molecule has 7 nitrogen and oxygen atoms in total. The zero-order valence-corrected chi connectivity index (χ0v) is 14.6. The molecule has 0 aliphatic heterocycles. The molecule has 0 fully saturated rings. The SMILES string of the molecule is COc1cccc(NC(=O)C(=O)Nc2cc(OC)c(Cl)cc2OC)c1. The van der Waals surface area contributed by atoms with E-state index in [9.17, 15) is 9.59 Å². The maximum Gasteiger partial charge on any atom is 0.314 e. The largest absolute Gasteiger partial charge is 0.497 e. The molecule has 0 atom stereocenters. The first-order valence-electron chi connectivity index (χ1n) is 7.16. The van der Waals surface area contributed by atoms with Gasteiger partial charge >= 0.3 is 11.8 Å². The van der Waals surface area contributed by atoms with Crippen LogP contribution in [0.3, 0.4) is 0 Å². The third-order valence-electron chi connectivity index (χ3n) is 3.26. The van der Waals surface area contributed by atoms with Gasteiger partial charge in [-0.25, -0.2) is 0 Å². The number of ether oxygens (including phenoxy) is 3. The lowest BCUT2D eigenvalue weighted by molar-refractivity contribution is -0.133. The van der Waals surface area contributed by atoms with Crippen molar-refractivity contribution >= 4 is 34.8 Å². The summed E-state index contributed by atoms with van der Waals surface area (Å²) in [5, 5.41) is 5.27. The fraction of sp³-hybridized carbons (Fsp3) is 0.176. The first kappa shape index (κ1) is 18.4. The lowest BCUT2D eigenvalue weighted by atomic mass is 10.2. The van der Waals surface area contributed by atoms with Gasteiger partial charge in [-0.3, -0.25) is 9.59 Å². The summed E-state index contributed by atoms with van der Waals surface area (Å²) in [5.74, 6) is -0.517. The van der Waals surface area contributed by atoms with Gasteiger partial charge in [0.25, 0.3) is 0 Å². The number of anilines is 2. The summed E-state index contributed by atoms with van der Waals surface area (Å²) in [7, 11) is 4.37. The van der Waals surface area contributed by atoms with Crippen LogP contribution in [0.15, 0.2) is 36.4 Å². The van der Waals surface area contributed by atoms with Crippen LogP contribution in [0.1, 0.15) is 0 Å². The summed E-state index contributed by atoms with van der Waals surface area (Å²) >= 11 is 6.01. The molecule has 25 heavy (non-hydrogen) atoms. The van der Waals surface area contributed by atoms with E-state index in [1.807, 2.05) is 0 Å². The van der Waals surface area contributed by atoms with Gasteiger partial charge in [-0.1, -0.05) is 17.7 Å². The minimum atomic E-state index is -0.870. The van der Waals surface area contributed by atoms with Crippen LogP contribution in [-0.4, -0.2) is 33.1 Å². The Bertz CT molecular complexity index is 795. The number of rotatable bonds is 5. The molecule has 0 saturated heterocycles. The zero-order valence-electron chi connectivity index (χ0n) is 13.9. The van der Waals surface area contributed by atoms with Crippen molar-refractivity contribution in [2.75, 3.05) is 32.0 Å². The van der Waals surface area contributed by atoms with E-state index in [1.54, 1.807) is 24.3 Å². The standard InChI is InChI=1S/C17H17ClN2O5/c1-23-11-6-4-5-10(7-11)19-16(21)17(22)20-13-9-14(24-2)12(18)8-15(13)25-3/h4-9H,1-3H3,(H,19,21)(H,20,22). The predicted molar refractivity (Wildman–Crippen MR) is 94.8 cm³/mol. The van der Waals surface area contributed by atoms with Crippen molar-refractivity contribution in [2.45, 2.75) is 0 Å². The van der Waals surface area contributed by atoms with Gasteiger partial charge in [0, 0.05) is 23.9 Å². The molecule has 2 rings (SSSR count). The Morgan fingerprint density at radius 2 is 1.56 bits per heavy atom. The monoisotopic (exact) mass is 364 g/mol. The molecular weight excluding hydrogens is 348 g/mol. The maximum absolute atomic E-state index is 12.1. The molecule has 0 heterocycles. The van der Waals surface area contributed by atoms with Crippen LogP contribution in [0.25, 0.3) is 0 Å². The molecule has 0 radical (unpaired) electrons. The van der Waals surface area contributed by atoms with E-state index in [2.05, 4.69) is 10.6 Å². The molecule has 132 valence electrons. The molecule has 8 heteroatoms. The van der Waals surface area contributed by atoms with E-state index < -0.39 is 11.8 Å². The minimum absolute atomic E-state index is 0.259. The normalized spacial score (nSPS) is 9.92. The van der Waals surface area contributed by atoms with Gasteiger partial charge in [0.05, 0.1) is 32.0 Å². The third kappa shape index (κ3) is 4.54. The quantitative estimate of drug-likeness (QED) is 0.797. The molecule has 0 aromatic heterocycles.